The fourth-order valence-corrected chi connectivity index (χ4v) is 2.46. The zero-order chi connectivity index (χ0) is 15.9. The summed E-state index contributed by atoms with van der Waals surface area (Å²) in [4.78, 5) is 11.8. The number of hydrogen-bond donors (Lipinski definition) is 1. The molecule has 0 aliphatic rings. The van der Waals surface area contributed by atoms with E-state index in [4.69, 9.17) is 5.26 Å². The molecule has 0 aromatic heterocycles. The summed E-state index contributed by atoms with van der Waals surface area (Å²) in [6.45, 7) is 3.70. The lowest BCUT2D eigenvalue weighted by Crippen LogP contribution is -2.33. The van der Waals surface area contributed by atoms with Crippen molar-refractivity contribution in [2.24, 2.45) is 0 Å². The van der Waals surface area contributed by atoms with E-state index < -0.39 is 10.0 Å². The number of anilines is 1. The molecular formula is C14H17N3O3S. The zero-order valence-electron chi connectivity index (χ0n) is 11.7. The SMILES string of the molecule is C=CCN(CCC(=O)Nc1ccccc1C#N)S(C)(=O)=O. The minimum absolute atomic E-state index is 0.000668. The summed E-state index contributed by atoms with van der Waals surface area (Å²) >= 11 is 0. The molecule has 0 fully saturated rings. The highest BCUT2D eigenvalue weighted by molar-refractivity contribution is 7.88. The largest absolute Gasteiger partial charge is 0.325 e. The molecular weight excluding hydrogens is 290 g/mol. The van der Waals surface area contributed by atoms with Gasteiger partial charge in [0.2, 0.25) is 15.9 Å². The van der Waals surface area contributed by atoms with Crippen molar-refractivity contribution < 1.29 is 13.2 Å². The van der Waals surface area contributed by atoms with E-state index in [0.717, 1.165) is 10.6 Å². The highest BCUT2D eigenvalue weighted by atomic mass is 32.2. The summed E-state index contributed by atoms with van der Waals surface area (Å²) < 4.78 is 24.2. The predicted molar refractivity (Wildman–Crippen MR) is 81.0 cm³/mol. The van der Waals surface area contributed by atoms with Crippen LogP contribution in [0.2, 0.25) is 0 Å². The van der Waals surface area contributed by atoms with Crippen LogP contribution in [0.4, 0.5) is 5.69 Å². The molecule has 1 aromatic carbocycles. The van der Waals surface area contributed by atoms with Gasteiger partial charge in [-0.15, -0.1) is 6.58 Å². The van der Waals surface area contributed by atoms with Crippen LogP contribution in [0.15, 0.2) is 36.9 Å². The van der Waals surface area contributed by atoms with Crippen molar-refractivity contribution in [3.8, 4) is 6.07 Å². The molecule has 112 valence electrons. The third-order valence-electron chi connectivity index (χ3n) is 2.71. The van der Waals surface area contributed by atoms with Crippen molar-refractivity contribution in [3.05, 3.63) is 42.5 Å². The second-order valence-corrected chi connectivity index (χ2v) is 6.35. The third kappa shape index (κ3) is 5.38. The molecule has 0 radical (unpaired) electrons. The molecule has 0 aliphatic carbocycles. The van der Waals surface area contributed by atoms with Gasteiger partial charge in [-0.1, -0.05) is 18.2 Å². The number of nitriles is 1. The molecule has 0 saturated heterocycles. The first-order chi connectivity index (χ1) is 9.88. The normalized spacial score (nSPS) is 10.9. The van der Waals surface area contributed by atoms with Crippen molar-refractivity contribution in [2.45, 2.75) is 6.42 Å². The molecule has 0 heterocycles. The first kappa shape index (κ1) is 16.9. The third-order valence-corrected chi connectivity index (χ3v) is 3.98. The van der Waals surface area contributed by atoms with Crippen LogP contribution < -0.4 is 5.32 Å². The average molecular weight is 307 g/mol. The Morgan fingerprint density at radius 3 is 2.71 bits per heavy atom. The van der Waals surface area contributed by atoms with Gasteiger partial charge in [-0.3, -0.25) is 4.79 Å². The number of para-hydroxylation sites is 1. The summed E-state index contributed by atoms with van der Waals surface area (Å²) in [6, 6.07) is 8.59. The Balaban J connectivity index is 2.66. The molecule has 0 spiro atoms. The van der Waals surface area contributed by atoms with Gasteiger partial charge in [0, 0.05) is 19.5 Å². The summed E-state index contributed by atoms with van der Waals surface area (Å²) in [6.07, 6.45) is 2.55. The van der Waals surface area contributed by atoms with Gasteiger partial charge in [0.1, 0.15) is 6.07 Å². The molecule has 1 aromatic rings. The maximum Gasteiger partial charge on any atom is 0.225 e. The number of nitrogens with zero attached hydrogens (tertiary/aromatic N) is 2. The Labute approximate surface area is 124 Å². The molecule has 0 atom stereocenters. The molecule has 6 nitrogen and oxygen atoms in total. The highest BCUT2D eigenvalue weighted by Crippen LogP contribution is 2.13. The number of carbonyl (C=O) groups excluding carboxylic acids is 1. The van der Waals surface area contributed by atoms with Crippen LogP contribution >= 0.6 is 0 Å². The second kappa shape index (κ2) is 7.57. The van der Waals surface area contributed by atoms with Crippen molar-refractivity contribution in [1.29, 1.82) is 5.26 Å². The van der Waals surface area contributed by atoms with Crippen LogP contribution in [-0.4, -0.2) is 38.0 Å². The van der Waals surface area contributed by atoms with Crippen LogP contribution in [0.1, 0.15) is 12.0 Å². The molecule has 1 N–H and O–H groups in total. The van der Waals surface area contributed by atoms with Gasteiger partial charge < -0.3 is 5.32 Å². The Morgan fingerprint density at radius 2 is 2.14 bits per heavy atom. The smallest absolute Gasteiger partial charge is 0.225 e. The van der Waals surface area contributed by atoms with E-state index in [2.05, 4.69) is 11.9 Å². The minimum Gasteiger partial charge on any atom is -0.325 e. The lowest BCUT2D eigenvalue weighted by Gasteiger charge is -2.17. The average Bonchev–Trinajstić information content (AvgIpc) is 2.42. The van der Waals surface area contributed by atoms with Gasteiger partial charge in [-0.2, -0.15) is 9.57 Å². The first-order valence-electron chi connectivity index (χ1n) is 6.23. The van der Waals surface area contributed by atoms with Crippen LogP contribution in [0.5, 0.6) is 0 Å². The van der Waals surface area contributed by atoms with Gasteiger partial charge in [-0.05, 0) is 12.1 Å². The summed E-state index contributed by atoms with van der Waals surface area (Å²) in [5.41, 5.74) is 0.775. The van der Waals surface area contributed by atoms with E-state index in [9.17, 15) is 13.2 Å². The standard InChI is InChI=1S/C14H17N3O3S/c1-3-9-17(21(2,19)20)10-8-14(18)16-13-7-5-4-6-12(13)11-15/h3-7H,1,8-10H2,2H3,(H,16,18). The van der Waals surface area contributed by atoms with Gasteiger partial charge >= 0.3 is 0 Å². The first-order valence-corrected chi connectivity index (χ1v) is 8.08. The Hall–Kier alpha value is -2.17. The number of rotatable bonds is 7. The van der Waals surface area contributed by atoms with Crippen LogP contribution in [-0.2, 0) is 14.8 Å². The lowest BCUT2D eigenvalue weighted by atomic mass is 10.2. The van der Waals surface area contributed by atoms with Gasteiger partial charge in [0.05, 0.1) is 17.5 Å². The molecule has 0 bridgehead atoms. The van der Waals surface area contributed by atoms with E-state index in [-0.39, 0.29) is 25.4 Å². The Morgan fingerprint density at radius 1 is 1.48 bits per heavy atom. The van der Waals surface area contributed by atoms with Crippen LogP contribution in [0.3, 0.4) is 0 Å². The van der Waals surface area contributed by atoms with Crippen molar-refractivity contribution in [1.82, 2.24) is 4.31 Å². The summed E-state index contributed by atoms with van der Waals surface area (Å²) in [5.74, 6) is -0.351. The predicted octanol–water partition coefficient (Wildman–Crippen LogP) is 1.33. The number of carbonyl (C=O) groups is 1. The van der Waals surface area contributed by atoms with Gasteiger partial charge in [-0.25, -0.2) is 8.42 Å². The molecule has 7 heteroatoms. The number of nitrogens with one attached hydrogen (secondary N) is 1. The molecule has 0 unspecified atom stereocenters. The number of hydrogen-bond acceptors (Lipinski definition) is 4. The van der Waals surface area contributed by atoms with Crippen LogP contribution in [0, 0.1) is 11.3 Å². The van der Waals surface area contributed by atoms with E-state index in [1.165, 1.54) is 6.08 Å². The van der Waals surface area contributed by atoms with E-state index in [1.807, 2.05) is 6.07 Å². The van der Waals surface area contributed by atoms with Crippen molar-refractivity contribution in [2.75, 3.05) is 24.7 Å². The van der Waals surface area contributed by atoms with E-state index in [0.29, 0.717) is 11.3 Å². The molecule has 1 amide bonds. The fraction of sp³-hybridized carbons (Fsp3) is 0.286. The van der Waals surface area contributed by atoms with Crippen molar-refractivity contribution in [3.63, 3.8) is 0 Å². The number of amides is 1. The van der Waals surface area contributed by atoms with Crippen LogP contribution in [0.25, 0.3) is 0 Å². The molecule has 0 aliphatic heterocycles. The molecule has 1 rings (SSSR count). The monoisotopic (exact) mass is 307 g/mol. The topological polar surface area (TPSA) is 90.3 Å². The summed E-state index contributed by atoms with van der Waals surface area (Å²) in [5, 5.41) is 11.5. The fourth-order valence-electron chi connectivity index (χ4n) is 1.67. The maximum atomic E-state index is 11.8. The number of sulfonamides is 1. The van der Waals surface area contributed by atoms with Crippen molar-refractivity contribution >= 4 is 21.6 Å². The molecule has 21 heavy (non-hydrogen) atoms. The maximum absolute atomic E-state index is 11.8. The molecule has 0 saturated carbocycles. The summed E-state index contributed by atoms with van der Waals surface area (Å²) in [7, 11) is -3.38. The number of benzene rings is 1. The zero-order valence-corrected chi connectivity index (χ0v) is 12.6. The second-order valence-electron chi connectivity index (χ2n) is 4.37. The van der Waals surface area contributed by atoms with Gasteiger partial charge in [0.25, 0.3) is 0 Å². The lowest BCUT2D eigenvalue weighted by molar-refractivity contribution is -0.116. The Bertz CT molecular complexity index is 662. The van der Waals surface area contributed by atoms with E-state index in [1.54, 1.807) is 24.3 Å². The highest BCUT2D eigenvalue weighted by Gasteiger charge is 2.16. The quantitative estimate of drug-likeness (QED) is 0.770. The Kier molecular flexibility index (Phi) is 6.09. The minimum atomic E-state index is -3.38. The van der Waals surface area contributed by atoms with E-state index >= 15 is 0 Å². The van der Waals surface area contributed by atoms with Gasteiger partial charge in [0.15, 0.2) is 0 Å².